The zero-order valence-corrected chi connectivity index (χ0v) is 10.1. The van der Waals surface area contributed by atoms with Crippen molar-refractivity contribution in [1.82, 2.24) is 10.2 Å². The Kier molecular flexibility index (Phi) is 3.19. The lowest BCUT2D eigenvalue weighted by atomic mass is 10.3. The van der Waals surface area contributed by atoms with E-state index in [0.717, 1.165) is 0 Å². The Bertz CT molecular complexity index is 480. The SMILES string of the molecule is Cc1nnc(CNc2c(F)cccc2Br)o1. The Balaban J connectivity index is 2.10. The third kappa shape index (κ3) is 2.38. The molecule has 0 fully saturated rings. The van der Waals surface area contributed by atoms with Crippen LogP contribution in [0.3, 0.4) is 0 Å². The van der Waals surface area contributed by atoms with Gasteiger partial charge >= 0.3 is 0 Å². The van der Waals surface area contributed by atoms with Gasteiger partial charge < -0.3 is 9.73 Å². The lowest BCUT2D eigenvalue weighted by Crippen LogP contribution is -2.02. The second-order valence-corrected chi connectivity index (χ2v) is 4.02. The third-order valence-electron chi connectivity index (χ3n) is 1.95. The molecule has 1 heterocycles. The average Bonchev–Trinajstić information content (AvgIpc) is 2.63. The lowest BCUT2D eigenvalue weighted by Gasteiger charge is -2.06. The maximum atomic E-state index is 13.4. The molecule has 1 aromatic carbocycles. The Labute approximate surface area is 100 Å². The summed E-state index contributed by atoms with van der Waals surface area (Å²) in [5.41, 5.74) is 0.387. The minimum absolute atomic E-state index is 0.292. The summed E-state index contributed by atoms with van der Waals surface area (Å²) in [5.74, 6) is 0.586. The van der Waals surface area contributed by atoms with E-state index in [1.54, 1.807) is 19.1 Å². The first kappa shape index (κ1) is 11.1. The topological polar surface area (TPSA) is 51.0 Å². The van der Waals surface area contributed by atoms with Gasteiger partial charge in [-0.25, -0.2) is 4.39 Å². The monoisotopic (exact) mass is 285 g/mol. The maximum Gasteiger partial charge on any atom is 0.235 e. The number of nitrogens with zero attached hydrogens (tertiary/aromatic N) is 2. The standard InChI is InChI=1S/C10H9BrFN3O/c1-6-14-15-9(16-6)5-13-10-7(11)3-2-4-8(10)12/h2-4,13H,5H2,1H3. The number of rotatable bonds is 3. The van der Waals surface area contributed by atoms with Crippen molar-refractivity contribution in [1.29, 1.82) is 0 Å². The number of para-hydroxylation sites is 1. The Morgan fingerprint density at radius 2 is 2.25 bits per heavy atom. The van der Waals surface area contributed by atoms with Crippen molar-refractivity contribution >= 4 is 21.6 Å². The van der Waals surface area contributed by atoms with Gasteiger partial charge in [-0.3, -0.25) is 0 Å². The maximum absolute atomic E-state index is 13.4. The van der Waals surface area contributed by atoms with Crippen LogP contribution in [0.25, 0.3) is 0 Å². The van der Waals surface area contributed by atoms with Crippen LogP contribution >= 0.6 is 15.9 Å². The molecule has 0 aliphatic rings. The molecule has 16 heavy (non-hydrogen) atoms. The predicted molar refractivity (Wildman–Crippen MR) is 60.5 cm³/mol. The van der Waals surface area contributed by atoms with E-state index >= 15 is 0 Å². The van der Waals surface area contributed by atoms with Gasteiger partial charge in [-0.15, -0.1) is 10.2 Å². The minimum Gasteiger partial charge on any atom is -0.424 e. The molecule has 84 valence electrons. The van der Waals surface area contributed by atoms with Gasteiger partial charge in [-0.05, 0) is 28.1 Å². The highest BCUT2D eigenvalue weighted by atomic mass is 79.9. The van der Waals surface area contributed by atoms with Crippen LogP contribution in [0.15, 0.2) is 27.1 Å². The van der Waals surface area contributed by atoms with E-state index < -0.39 is 0 Å². The first-order valence-electron chi connectivity index (χ1n) is 4.63. The fourth-order valence-electron chi connectivity index (χ4n) is 1.24. The van der Waals surface area contributed by atoms with Gasteiger partial charge in [0.15, 0.2) is 0 Å². The summed E-state index contributed by atoms with van der Waals surface area (Å²) in [6.45, 7) is 2.00. The Hall–Kier alpha value is -1.43. The Morgan fingerprint density at radius 3 is 2.88 bits per heavy atom. The summed E-state index contributed by atoms with van der Waals surface area (Å²) in [6, 6.07) is 4.76. The summed E-state index contributed by atoms with van der Waals surface area (Å²) < 4.78 is 19.2. The van der Waals surface area contributed by atoms with Gasteiger partial charge in [0.2, 0.25) is 11.8 Å². The van der Waals surface area contributed by atoms with Crippen LogP contribution in [0.2, 0.25) is 0 Å². The van der Waals surface area contributed by atoms with Gasteiger partial charge in [0.1, 0.15) is 5.82 Å². The van der Waals surface area contributed by atoms with Crippen LogP contribution in [0, 0.1) is 12.7 Å². The molecule has 2 rings (SSSR count). The summed E-state index contributed by atoms with van der Waals surface area (Å²) in [4.78, 5) is 0. The van der Waals surface area contributed by atoms with E-state index in [4.69, 9.17) is 4.42 Å². The van der Waals surface area contributed by atoms with Crippen molar-refractivity contribution in [3.8, 4) is 0 Å². The van der Waals surface area contributed by atoms with Gasteiger partial charge in [0.05, 0.1) is 12.2 Å². The molecule has 0 aliphatic carbocycles. The van der Waals surface area contributed by atoms with Gasteiger partial charge in [-0.2, -0.15) is 0 Å². The van der Waals surface area contributed by atoms with Gasteiger partial charge in [0, 0.05) is 11.4 Å². The van der Waals surface area contributed by atoms with Crippen molar-refractivity contribution < 1.29 is 8.81 Å². The van der Waals surface area contributed by atoms with Crippen molar-refractivity contribution in [3.63, 3.8) is 0 Å². The molecule has 4 nitrogen and oxygen atoms in total. The number of hydrogen-bond donors (Lipinski definition) is 1. The number of halogens is 2. The lowest BCUT2D eigenvalue weighted by molar-refractivity contribution is 0.474. The van der Waals surface area contributed by atoms with Crippen LogP contribution < -0.4 is 5.32 Å². The molecular formula is C10H9BrFN3O. The summed E-state index contributed by atoms with van der Waals surface area (Å²) in [6.07, 6.45) is 0. The molecule has 2 aromatic rings. The zero-order chi connectivity index (χ0) is 11.5. The first-order chi connectivity index (χ1) is 7.66. The van der Waals surface area contributed by atoms with Crippen molar-refractivity contribution in [3.05, 3.63) is 40.3 Å². The second-order valence-electron chi connectivity index (χ2n) is 3.17. The molecular weight excluding hydrogens is 277 g/mol. The fourth-order valence-corrected chi connectivity index (χ4v) is 1.72. The van der Waals surface area contributed by atoms with Crippen LogP contribution in [0.1, 0.15) is 11.8 Å². The van der Waals surface area contributed by atoms with E-state index in [-0.39, 0.29) is 5.82 Å². The fraction of sp³-hybridized carbons (Fsp3) is 0.200. The molecule has 0 radical (unpaired) electrons. The summed E-state index contributed by atoms with van der Waals surface area (Å²) in [5, 5.41) is 10.4. The second kappa shape index (κ2) is 4.61. The minimum atomic E-state index is -0.328. The van der Waals surface area contributed by atoms with Crippen LogP contribution in [-0.4, -0.2) is 10.2 Å². The number of aryl methyl sites for hydroxylation is 1. The number of nitrogens with one attached hydrogen (secondary N) is 1. The zero-order valence-electron chi connectivity index (χ0n) is 8.50. The number of anilines is 1. The molecule has 0 atom stereocenters. The van der Waals surface area contributed by atoms with Crippen molar-refractivity contribution in [2.24, 2.45) is 0 Å². The van der Waals surface area contributed by atoms with E-state index in [0.29, 0.717) is 28.5 Å². The van der Waals surface area contributed by atoms with E-state index in [1.165, 1.54) is 6.07 Å². The molecule has 0 spiro atoms. The average molecular weight is 286 g/mol. The Morgan fingerprint density at radius 1 is 1.44 bits per heavy atom. The first-order valence-corrected chi connectivity index (χ1v) is 5.43. The summed E-state index contributed by atoms with van der Waals surface area (Å²) in [7, 11) is 0. The van der Waals surface area contributed by atoms with Crippen LogP contribution in [0.4, 0.5) is 10.1 Å². The third-order valence-corrected chi connectivity index (χ3v) is 2.61. The van der Waals surface area contributed by atoms with Crippen LogP contribution in [0.5, 0.6) is 0 Å². The van der Waals surface area contributed by atoms with E-state index in [1.807, 2.05) is 0 Å². The van der Waals surface area contributed by atoms with Crippen LogP contribution in [-0.2, 0) is 6.54 Å². The molecule has 6 heteroatoms. The highest BCUT2D eigenvalue weighted by Crippen LogP contribution is 2.25. The molecule has 0 bridgehead atoms. The molecule has 0 aliphatic heterocycles. The molecule has 0 saturated carbocycles. The number of aromatic nitrogens is 2. The molecule has 0 saturated heterocycles. The highest BCUT2D eigenvalue weighted by molar-refractivity contribution is 9.10. The van der Waals surface area contributed by atoms with Gasteiger partial charge in [-0.1, -0.05) is 6.07 Å². The molecule has 1 N–H and O–H groups in total. The van der Waals surface area contributed by atoms with Gasteiger partial charge in [0.25, 0.3) is 0 Å². The predicted octanol–water partition coefficient (Wildman–Crippen LogP) is 2.89. The highest BCUT2D eigenvalue weighted by Gasteiger charge is 2.07. The smallest absolute Gasteiger partial charge is 0.235 e. The molecule has 1 aromatic heterocycles. The normalized spacial score (nSPS) is 10.4. The quantitative estimate of drug-likeness (QED) is 0.942. The van der Waals surface area contributed by atoms with E-state index in [2.05, 4.69) is 31.4 Å². The summed E-state index contributed by atoms with van der Waals surface area (Å²) >= 11 is 3.26. The number of benzene rings is 1. The largest absolute Gasteiger partial charge is 0.424 e. The van der Waals surface area contributed by atoms with Crippen molar-refractivity contribution in [2.75, 3.05) is 5.32 Å². The number of hydrogen-bond acceptors (Lipinski definition) is 4. The van der Waals surface area contributed by atoms with Crippen molar-refractivity contribution in [2.45, 2.75) is 13.5 Å². The molecule has 0 amide bonds. The van der Waals surface area contributed by atoms with E-state index in [9.17, 15) is 4.39 Å². The molecule has 0 unspecified atom stereocenters.